The first kappa shape index (κ1) is 13.9. The maximum atomic E-state index is 14.0. The maximum Gasteiger partial charge on any atom is 0.308 e. The summed E-state index contributed by atoms with van der Waals surface area (Å²) in [7, 11) is 0. The summed E-state index contributed by atoms with van der Waals surface area (Å²) in [6.45, 7) is -0.748. The fraction of sp³-hybridized carbons (Fsp3) is 0.500. The van der Waals surface area contributed by atoms with Crippen LogP contribution in [-0.2, 0) is 4.74 Å². The molecule has 2 aromatic rings. The Bertz CT molecular complexity index is 693. The third kappa shape index (κ3) is 1.97. The van der Waals surface area contributed by atoms with Gasteiger partial charge >= 0.3 is 5.92 Å². The van der Waals surface area contributed by atoms with Gasteiger partial charge in [0.15, 0.2) is 17.6 Å². The number of nitrogens with two attached hydrogens (primary N) is 2. The predicted molar refractivity (Wildman–Crippen MR) is 66.2 cm³/mol. The van der Waals surface area contributed by atoms with Crippen LogP contribution in [0.1, 0.15) is 11.9 Å². The number of nitrogen functional groups attached to an aromatic ring is 2. The van der Waals surface area contributed by atoms with Crippen molar-refractivity contribution in [3.8, 4) is 0 Å². The van der Waals surface area contributed by atoms with Crippen LogP contribution in [0.25, 0.3) is 11.2 Å². The van der Waals surface area contributed by atoms with E-state index >= 15 is 0 Å². The Balaban J connectivity index is 2.06. The van der Waals surface area contributed by atoms with Gasteiger partial charge in [0.25, 0.3) is 0 Å². The number of hydrogen-bond acceptors (Lipinski definition) is 8. The first-order chi connectivity index (χ1) is 9.84. The highest BCUT2D eigenvalue weighted by molar-refractivity contribution is 5.82. The van der Waals surface area contributed by atoms with Gasteiger partial charge in [-0.1, -0.05) is 0 Å². The highest BCUT2D eigenvalue weighted by Crippen LogP contribution is 2.45. The molecule has 0 spiro atoms. The molecule has 7 N–H and O–H groups in total. The monoisotopic (exact) mass is 302 g/mol. The van der Waals surface area contributed by atoms with Crippen molar-refractivity contribution in [1.29, 1.82) is 0 Å². The number of nitrogens with zero attached hydrogens (tertiary/aromatic N) is 3. The van der Waals surface area contributed by atoms with E-state index in [2.05, 4.69) is 19.9 Å². The molecule has 2 aromatic heterocycles. The van der Waals surface area contributed by atoms with E-state index in [0.29, 0.717) is 0 Å². The molecule has 1 aliphatic rings. The molecule has 3 unspecified atom stereocenters. The van der Waals surface area contributed by atoms with Gasteiger partial charge in [-0.05, 0) is 0 Å². The first-order valence-corrected chi connectivity index (χ1v) is 5.95. The van der Waals surface area contributed by atoms with Crippen molar-refractivity contribution in [2.45, 2.75) is 24.2 Å². The summed E-state index contributed by atoms with van der Waals surface area (Å²) in [6, 6.07) is 0. The lowest BCUT2D eigenvalue weighted by molar-refractivity contribution is -0.115. The van der Waals surface area contributed by atoms with Crippen LogP contribution in [0.5, 0.6) is 0 Å². The molecule has 3 atom stereocenters. The number of nitrogens with one attached hydrogen (secondary N) is 1. The highest BCUT2D eigenvalue weighted by atomic mass is 19.3. The van der Waals surface area contributed by atoms with E-state index in [1.54, 1.807) is 0 Å². The number of aromatic nitrogens is 4. The van der Waals surface area contributed by atoms with Crippen molar-refractivity contribution in [2.24, 2.45) is 0 Å². The second-order valence-corrected chi connectivity index (χ2v) is 4.64. The molecule has 11 heteroatoms. The van der Waals surface area contributed by atoms with Crippen molar-refractivity contribution >= 4 is 22.9 Å². The van der Waals surface area contributed by atoms with Crippen LogP contribution >= 0.6 is 0 Å². The summed E-state index contributed by atoms with van der Waals surface area (Å²) >= 11 is 0. The number of ether oxygens (including phenoxy) is 1. The number of rotatable bonds is 2. The largest absolute Gasteiger partial charge is 0.394 e. The summed E-state index contributed by atoms with van der Waals surface area (Å²) in [5.41, 5.74) is 11.1. The van der Waals surface area contributed by atoms with E-state index in [0.717, 1.165) is 0 Å². The summed E-state index contributed by atoms with van der Waals surface area (Å²) in [4.78, 5) is 13.8. The molecule has 1 aliphatic heterocycles. The third-order valence-corrected chi connectivity index (χ3v) is 3.25. The molecule has 0 aromatic carbocycles. The zero-order chi connectivity index (χ0) is 15.4. The Hall–Kier alpha value is -2.11. The molecule has 3 heterocycles. The van der Waals surface area contributed by atoms with Crippen LogP contribution in [0.15, 0.2) is 0 Å². The molecule has 0 amide bonds. The Morgan fingerprint density at radius 1 is 1.29 bits per heavy atom. The molecule has 1 saturated heterocycles. The standard InChI is InChI=1S/C10H12F2N6O3/c11-10(12)4(20)2(1-19)21-5(10)8-15-3-6(13)16-9(14)18-7(3)17-8/h2,4-5,19-20H,1H2,(H5,13,14,15,16,17,18). The minimum absolute atomic E-state index is 0.0105. The van der Waals surface area contributed by atoms with E-state index in [-0.39, 0.29) is 28.8 Å². The average Bonchev–Trinajstić information content (AvgIpc) is 2.91. The van der Waals surface area contributed by atoms with Crippen molar-refractivity contribution in [3.63, 3.8) is 0 Å². The molecule has 0 radical (unpaired) electrons. The van der Waals surface area contributed by atoms with Gasteiger partial charge in [-0.25, -0.2) is 13.8 Å². The fourth-order valence-electron chi connectivity index (χ4n) is 2.21. The molecule has 0 saturated carbocycles. The zero-order valence-electron chi connectivity index (χ0n) is 10.5. The Labute approximate surface area is 116 Å². The number of aliphatic hydroxyl groups excluding tert-OH is 2. The minimum atomic E-state index is -3.63. The van der Waals surface area contributed by atoms with Gasteiger partial charge in [0, 0.05) is 0 Å². The molecule has 1 fully saturated rings. The van der Waals surface area contributed by atoms with Crippen molar-refractivity contribution < 1.29 is 23.7 Å². The number of aliphatic hydroxyl groups is 2. The normalized spacial score (nSPS) is 28.3. The molecular formula is C10H12F2N6O3. The van der Waals surface area contributed by atoms with Gasteiger partial charge in [0.05, 0.1) is 6.61 Å². The van der Waals surface area contributed by atoms with Crippen molar-refractivity contribution in [1.82, 2.24) is 19.9 Å². The van der Waals surface area contributed by atoms with E-state index in [1.807, 2.05) is 0 Å². The molecule has 3 rings (SSSR count). The lowest BCUT2D eigenvalue weighted by Gasteiger charge is -2.17. The average molecular weight is 302 g/mol. The summed E-state index contributed by atoms with van der Waals surface area (Å²) in [5, 5.41) is 18.4. The van der Waals surface area contributed by atoms with E-state index in [4.69, 9.17) is 21.3 Å². The number of aromatic amines is 1. The summed E-state index contributed by atoms with van der Waals surface area (Å²) in [6.07, 6.45) is -5.42. The third-order valence-electron chi connectivity index (χ3n) is 3.25. The molecule has 21 heavy (non-hydrogen) atoms. The quantitative estimate of drug-likeness (QED) is 0.470. The lowest BCUT2D eigenvalue weighted by Crippen LogP contribution is -2.38. The topological polar surface area (TPSA) is 156 Å². The summed E-state index contributed by atoms with van der Waals surface area (Å²) < 4.78 is 33.0. The molecule has 9 nitrogen and oxygen atoms in total. The van der Waals surface area contributed by atoms with Gasteiger partial charge < -0.3 is 31.4 Å². The van der Waals surface area contributed by atoms with Crippen molar-refractivity contribution in [2.75, 3.05) is 18.1 Å². The molecule has 114 valence electrons. The SMILES string of the molecule is Nc1nc(N)c2[nH]c(C3OC(CO)C(O)C3(F)F)nc2n1. The van der Waals surface area contributed by atoms with Gasteiger partial charge in [-0.2, -0.15) is 9.97 Å². The van der Waals surface area contributed by atoms with Gasteiger partial charge in [-0.15, -0.1) is 0 Å². The Morgan fingerprint density at radius 2 is 2.00 bits per heavy atom. The van der Waals surface area contributed by atoms with Crippen molar-refractivity contribution in [3.05, 3.63) is 5.82 Å². The fourth-order valence-corrected chi connectivity index (χ4v) is 2.21. The van der Waals surface area contributed by atoms with E-state index in [1.165, 1.54) is 0 Å². The van der Waals surface area contributed by atoms with Crippen LogP contribution in [-0.4, -0.2) is 54.9 Å². The smallest absolute Gasteiger partial charge is 0.308 e. The minimum Gasteiger partial charge on any atom is -0.394 e. The van der Waals surface area contributed by atoms with Crippen LogP contribution in [0, 0.1) is 0 Å². The number of hydrogen-bond donors (Lipinski definition) is 5. The van der Waals surface area contributed by atoms with E-state index in [9.17, 15) is 13.9 Å². The number of imidazole rings is 1. The number of anilines is 2. The summed E-state index contributed by atoms with van der Waals surface area (Å²) in [5.74, 6) is -4.10. The Kier molecular flexibility index (Phi) is 2.93. The number of H-pyrrole nitrogens is 1. The highest BCUT2D eigenvalue weighted by Gasteiger charge is 2.59. The second kappa shape index (κ2) is 4.44. The lowest BCUT2D eigenvalue weighted by atomic mass is 10.1. The predicted octanol–water partition coefficient (Wildman–Crippen LogP) is -1.05. The Morgan fingerprint density at radius 3 is 2.62 bits per heavy atom. The second-order valence-electron chi connectivity index (χ2n) is 4.64. The van der Waals surface area contributed by atoms with Crippen LogP contribution in [0.3, 0.4) is 0 Å². The van der Waals surface area contributed by atoms with Crippen LogP contribution in [0.4, 0.5) is 20.5 Å². The maximum absolute atomic E-state index is 14.0. The molecule has 0 bridgehead atoms. The van der Waals surface area contributed by atoms with Gasteiger partial charge in [-0.3, -0.25) is 0 Å². The molecular weight excluding hydrogens is 290 g/mol. The number of alkyl halides is 2. The molecule has 0 aliphatic carbocycles. The van der Waals surface area contributed by atoms with Crippen LogP contribution < -0.4 is 11.5 Å². The number of halogens is 2. The van der Waals surface area contributed by atoms with Gasteiger partial charge in [0.1, 0.15) is 23.5 Å². The van der Waals surface area contributed by atoms with E-state index < -0.39 is 30.8 Å². The van der Waals surface area contributed by atoms with Gasteiger partial charge in [0.2, 0.25) is 5.95 Å². The zero-order valence-corrected chi connectivity index (χ0v) is 10.5. The van der Waals surface area contributed by atoms with Crippen LogP contribution in [0.2, 0.25) is 0 Å². The number of fused-ring (bicyclic) bond motifs is 1. The first-order valence-electron chi connectivity index (χ1n) is 5.95.